The van der Waals surface area contributed by atoms with Crippen molar-refractivity contribution in [2.24, 2.45) is 0 Å². The summed E-state index contributed by atoms with van der Waals surface area (Å²) in [5.74, 6) is -0.102. The van der Waals surface area contributed by atoms with Gasteiger partial charge in [0.15, 0.2) is 0 Å². The average Bonchev–Trinajstić information content (AvgIpc) is 3.35. The molecule has 0 spiro atoms. The third kappa shape index (κ3) is 3.77. The van der Waals surface area contributed by atoms with Crippen LogP contribution in [0.4, 0.5) is 5.69 Å². The second-order valence-corrected chi connectivity index (χ2v) is 7.15. The fourth-order valence-corrected chi connectivity index (χ4v) is 3.65. The van der Waals surface area contributed by atoms with Crippen LogP contribution in [0.15, 0.2) is 39.8 Å². The SMILES string of the molecule is Cc1oc2ncn(CCN3CCCC3)c(=O)c2c1C(=O)Nc1ccc(C#N)cc1. The number of nitrogens with zero attached hydrogens (tertiary/aromatic N) is 4. The minimum Gasteiger partial charge on any atom is -0.442 e. The van der Waals surface area contributed by atoms with Crippen LogP contribution in [0.5, 0.6) is 0 Å². The summed E-state index contributed by atoms with van der Waals surface area (Å²) in [7, 11) is 0. The maximum absolute atomic E-state index is 13.0. The number of furan rings is 1. The van der Waals surface area contributed by atoms with Gasteiger partial charge >= 0.3 is 0 Å². The van der Waals surface area contributed by atoms with Crippen molar-refractivity contribution in [2.45, 2.75) is 26.3 Å². The number of carbonyl (C=O) groups excluding carboxylic acids is 1. The van der Waals surface area contributed by atoms with E-state index in [9.17, 15) is 9.59 Å². The van der Waals surface area contributed by atoms with Gasteiger partial charge in [-0.05, 0) is 57.1 Å². The number of fused-ring (bicyclic) bond motifs is 1. The summed E-state index contributed by atoms with van der Waals surface area (Å²) in [5, 5.41) is 11.8. The number of likely N-dealkylation sites (tertiary alicyclic amines) is 1. The van der Waals surface area contributed by atoms with Crippen LogP contribution in [0.1, 0.15) is 34.5 Å². The summed E-state index contributed by atoms with van der Waals surface area (Å²) in [6.45, 7) is 5.03. The summed E-state index contributed by atoms with van der Waals surface area (Å²) in [4.78, 5) is 32.5. The molecule has 8 nitrogen and oxygen atoms in total. The Kier molecular flexibility index (Phi) is 5.14. The number of carbonyl (C=O) groups is 1. The third-order valence-corrected chi connectivity index (χ3v) is 5.21. The lowest BCUT2D eigenvalue weighted by atomic mass is 10.1. The van der Waals surface area contributed by atoms with Crippen molar-refractivity contribution in [3.05, 3.63) is 57.8 Å². The molecule has 148 valence electrons. The van der Waals surface area contributed by atoms with Crippen LogP contribution in [-0.4, -0.2) is 40.0 Å². The summed E-state index contributed by atoms with van der Waals surface area (Å²) in [6.07, 6.45) is 3.85. The molecule has 29 heavy (non-hydrogen) atoms. The van der Waals surface area contributed by atoms with Gasteiger partial charge in [-0.3, -0.25) is 14.2 Å². The van der Waals surface area contributed by atoms with Gasteiger partial charge < -0.3 is 14.6 Å². The molecule has 1 aromatic carbocycles. The van der Waals surface area contributed by atoms with Gasteiger partial charge in [0.25, 0.3) is 11.5 Å². The Balaban J connectivity index is 1.63. The molecule has 1 N–H and O–H groups in total. The fourth-order valence-electron chi connectivity index (χ4n) is 3.65. The Morgan fingerprint density at radius 3 is 2.66 bits per heavy atom. The topological polar surface area (TPSA) is 104 Å². The summed E-state index contributed by atoms with van der Waals surface area (Å²) in [6, 6.07) is 8.54. The van der Waals surface area contributed by atoms with E-state index >= 15 is 0 Å². The predicted octanol–water partition coefficient (Wildman–Crippen LogP) is 2.52. The zero-order chi connectivity index (χ0) is 20.4. The molecule has 0 radical (unpaired) electrons. The highest BCUT2D eigenvalue weighted by molar-refractivity contribution is 6.12. The molecule has 2 aromatic heterocycles. The third-order valence-electron chi connectivity index (χ3n) is 5.21. The van der Waals surface area contributed by atoms with E-state index in [4.69, 9.17) is 9.68 Å². The molecule has 8 heteroatoms. The second kappa shape index (κ2) is 7.89. The average molecular weight is 391 g/mol. The van der Waals surface area contributed by atoms with Crippen molar-refractivity contribution >= 4 is 22.7 Å². The van der Waals surface area contributed by atoms with Crippen LogP contribution in [-0.2, 0) is 6.54 Å². The Morgan fingerprint density at radius 1 is 1.24 bits per heavy atom. The van der Waals surface area contributed by atoms with Crippen LogP contribution in [0.3, 0.4) is 0 Å². The van der Waals surface area contributed by atoms with Crippen molar-refractivity contribution < 1.29 is 9.21 Å². The minimum atomic E-state index is -0.442. The normalized spacial score (nSPS) is 14.2. The number of nitriles is 1. The first-order valence-electron chi connectivity index (χ1n) is 9.59. The first kappa shape index (κ1) is 18.9. The van der Waals surface area contributed by atoms with Crippen LogP contribution in [0, 0.1) is 18.3 Å². The van der Waals surface area contributed by atoms with Crippen molar-refractivity contribution in [2.75, 3.05) is 25.0 Å². The van der Waals surface area contributed by atoms with Gasteiger partial charge in [0, 0.05) is 18.8 Å². The van der Waals surface area contributed by atoms with E-state index in [2.05, 4.69) is 15.2 Å². The van der Waals surface area contributed by atoms with E-state index in [1.807, 2.05) is 6.07 Å². The van der Waals surface area contributed by atoms with Gasteiger partial charge in [0.2, 0.25) is 5.71 Å². The summed E-state index contributed by atoms with van der Waals surface area (Å²) in [5.41, 5.74) is 1.10. The maximum Gasteiger partial charge on any atom is 0.265 e. The van der Waals surface area contributed by atoms with E-state index in [-0.39, 0.29) is 22.2 Å². The van der Waals surface area contributed by atoms with E-state index in [1.165, 1.54) is 23.7 Å². The Hall–Kier alpha value is -3.44. The van der Waals surface area contributed by atoms with Gasteiger partial charge in [-0.2, -0.15) is 5.26 Å². The largest absolute Gasteiger partial charge is 0.442 e. The number of aromatic nitrogens is 2. The number of amides is 1. The predicted molar refractivity (Wildman–Crippen MR) is 108 cm³/mol. The number of hydrogen-bond acceptors (Lipinski definition) is 6. The lowest BCUT2D eigenvalue weighted by molar-refractivity contribution is 0.102. The zero-order valence-electron chi connectivity index (χ0n) is 16.1. The number of anilines is 1. The molecule has 3 heterocycles. The second-order valence-electron chi connectivity index (χ2n) is 7.15. The first-order chi connectivity index (χ1) is 14.1. The summed E-state index contributed by atoms with van der Waals surface area (Å²) < 4.78 is 7.11. The first-order valence-corrected chi connectivity index (χ1v) is 9.59. The molecule has 3 aromatic rings. The molecule has 1 aliphatic rings. The van der Waals surface area contributed by atoms with E-state index in [0.29, 0.717) is 23.6 Å². The zero-order valence-corrected chi connectivity index (χ0v) is 16.1. The highest BCUT2D eigenvalue weighted by Gasteiger charge is 2.23. The smallest absolute Gasteiger partial charge is 0.265 e. The number of aryl methyl sites for hydroxylation is 1. The van der Waals surface area contributed by atoms with E-state index in [0.717, 1.165) is 19.6 Å². The molecule has 1 aliphatic heterocycles. The molecular weight excluding hydrogens is 370 g/mol. The highest BCUT2D eigenvalue weighted by atomic mass is 16.3. The number of benzene rings is 1. The highest BCUT2D eigenvalue weighted by Crippen LogP contribution is 2.22. The van der Waals surface area contributed by atoms with Gasteiger partial charge in [-0.25, -0.2) is 4.98 Å². The standard InChI is InChI=1S/C21H21N5O3/c1-14-17(19(27)24-16-6-4-15(12-22)5-7-16)18-20(29-14)23-13-26(21(18)28)11-10-25-8-2-3-9-25/h4-7,13H,2-3,8-11H2,1H3,(H,24,27). The van der Waals surface area contributed by atoms with Crippen LogP contribution >= 0.6 is 0 Å². The van der Waals surface area contributed by atoms with Gasteiger partial charge in [0.1, 0.15) is 17.5 Å². The number of nitrogens with one attached hydrogen (secondary N) is 1. The van der Waals surface area contributed by atoms with E-state index in [1.54, 1.807) is 31.2 Å². The lowest BCUT2D eigenvalue weighted by Crippen LogP contribution is -2.29. The Morgan fingerprint density at radius 2 is 1.97 bits per heavy atom. The lowest BCUT2D eigenvalue weighted by Gasteiger charge is -2.14. The molecule has 1 saturated heterocycles. The number of rotatable bonds is 5. The van der Waals surface area contributed by atoms with Gasteiger partial charge in [-0.15, -0.1) is 0 Å². The number of hydrogen-bond donors (Lipinski definition) is 1. The molecular formula is C21H21N5O3. The molecule has 4 rings (SSSR count). The van der Waals surface area contributed by atoms with Gasteiger partial charge in [-0.1, -0.05) is 0 Å². The fraction of sp³-hybridized carbons (Fsp3) is 0.333. The van der Waals surface area contributed by atoms with Crippen molar-refractivity contribution in [1.29, 1.82) is 5.26 Å². The quantitative estimate of drug-likeness (QED) is 0.717. The Bertz CT molecular complexity index is 1150. The van der Waals surface area contributed by atoms with Crippen molar-refractivity contribution in [3.8, 4) is 6.07 Å². The van der Waals surface area contributed by atoms with Crippen LogP contribution in [0.2, 0.25) is 0 Å². The molecule has 0 atom stereocenters. The summed E-state index contributed by atoms with van der Waals surface area (Å²) >= 11 is 0. The molecule has 0 aliphatic carbocycles. The van der Waals surface area contributed by atoms with Gasteiger partial charge in [0.05, 0.1) is 17.2 Å². The molecule has 0 bridgehead atoms. The Labute approximate surface area is 167 Å². The molecule has 1 fully saturated rings. The van der Waals surface area contributed by atoms with E-state index < -0.39 is 5.91 Å². The maximum atomic E-state index is 13.0. The monoisotopic (exact) mass is 391 g/mol. The molecule has 0 saturated carbocycles. The van der Waals surface area contributed by atoms with Crippen molar-refractivity contribution in [1.82, 2.24) is 14.5 Å². The molecule has 0 unspecified atom stereocenters. The van der Waals surface area contributed by atoms with Crippen molar-refractivity contribution in [3.63, 3.8) is 0 Å². The van der Waals surface area contributed by atoms with Crippen LogP contribution < -0.4 is 10.9 Å². The molecule has 1 amide bonds. The van der Waals surface area contributed by atoms with Crippen LogP contribution in [0.25, 0.3) is 11.1 Å². The minimum absolute atomic E-state index is 0.162.